The number of nitrogens with one attached hydrogen (secondary N) is 1. The first kappa shape index (κ1) is 24.1. The monoisotopic (exact) mass is 491 g/mol. The molecule has 2 aromatic carbocycles. The van der Waals surface area contributed by atoms with E-state index in [1.165, 1.54) is 6.92 Å². The van der Waals surface area contributed by atoms with E-state index in [1.54, 1.807) is 11.1 Å². The Labute approximate surface area is 208 Å². The standard InChI is InChI=1S/C28H27F2N3O3/c1-18(34)32-25-23-7-2-3-8-24(23)28(26(25)36-17-22-6-4-5-11-31-22)9-12-33(13-10-28)27(35)19-14-20(29)16-21(30)15-19/h2-8,11,14-16,25-26H,9-10,12-13,17H2,1H3,(H,32,34)/t25-,26+/m0/s1. The lowest BCUT2D eigenvalue weighted by Crippen LogP contribution is -2.51. The average molecular weight is 492 g/mol. The van der Waals surface area contributed by atoms with Crippen molar-refractivity contribution in [3.63, 3.8) is 0 Å². The van der Waals surface area contributed by atoms with Crippen molar-refractivity contribution in [1.82, 2.24) is 15.2 Å². The number of nitrogens with zero attached hydrogens (tertiary/aromatic N) is 2. The number of piperidine rings is 1. The summed E-state index contributed by atoms with van der Waals surface area (Å²) >= 11 is 0. The fourth-order valence-corrected chi connectivity index (χ4v) is 5.67. The van der Waals surface area contributed by atoms with Crippen molar-refractivity contribution in [3.8, 4) is 0 Å². The van der Waals surface area contributed by atoms with E-state index in [2.05, 4.69) is 16.4 Å². The molecule has 8 heteroatoms. The number of rotatable bonds is 5. The van der Waals surface area contributed by atoms with Crippen molar-refractivity contribution in [2.24, 2.45) is 0 Å². The molecule has 1 N–H and O–H groups in total. The second-order valence-corrected chi connectivity index (χ2v) is 9.42. The van der Waals surface area contributed by atoms with Crippen LogP contribution < -0.4 is 5.32 Å². The lowest BCUT2D eigenvalue weighted by Gasteiger charge is -2.44. The summed E-state index contributed by atoms with van der Waals surface area (Å²) in [5.41, 5.74) is 2.44. The van der Waals surface area contributed by atoms with Gasteiger partial charge in [-0.1, -0.05) is 30.3 Å². The summed E-state index contributed by atoms with van der Waals surface area (Å²) in [6.45, 7) is 2.55. The van der Waals surface area contributed by atoms with Gasteiger partial charge in [0.15, 0.2) is 0 Å². The number of pyridine rings is 1. The largest absolute Gasteiger partial charge is 0.368 e. The van der Waals surface area contributed by atoms with Gasteiger partial charge in [-0.15, -0.1) is 0 Å². The first-order valence-electron chi connectivity index (χ1n) is 12.0. The number of hydrogen-bond acceptors (Lipinski definition) is 4. The molecule has 2 atom stereocenters. The first-order valence-corrected chi connectivity index (χ1v) is 12.0. The summed E-state index contributed by atoms with van der Waals surface area (Å²) in [6.07, 6.45) is 2.50. The predicted octanol–water partition coefficient (Wildman–Crippen LogP) is 4.31. The molecule has 5 rings (SSSR count). The highest BCUT2D eigenvalue weighted by molar-refractivity contribution is 5.94. The lowest BCUT2D eigenvalue weighted by molar-refractivity contribution is -0.122. The van der Waals surface area contributed by atoms with Gasteiger partial charge in [0.1, 0.15) is 11.6 Å². The molecule has 2 heterocycles. The maximum absolute atomic E-state index is 13.7. The predicted molar refractivity (Wildman–Crippen MR) is 129 cm³/mol. The van der Waals surface area contributed by atoms with Crippen LogP contribution >= 0.6 is 0 Å². The molecule has 1 spiro atoms. The van der Waals surface area contributed by atoms with Gasteiger partial charge in [0.05, 0.1) is 24.4 Å². The highest BCUT2D eigenvalue weighted by atomic mass is 19.1. The smallest absolute Gasteiger partial charge is 0.254 e. The minimum absolute atomic E-state index is 0.00523. The first-order chi connectivity index (χ1) is 17.4. The lowest BCUT2D eigenvalue weighted by atomic mass is 9.71. The van der Waals surface area contributed by atoms with Crippen LogP contribution in [-0.4, -0.2) is 40.9 Å². The molecular formula is C28H27F2N3O3. The minimum Gasteiger partial charge on any atom is -0.368 e. The number of carbonyl (C=O) groups excluding carboxylic acids is 2. The number of amides is 2. The molecule has 1 fully saturated rings. The van der Waals surface area contributed by atoms with Crippen molar-refractivity contribution in [3.05, 3.63) is 101 Å². The summed E-state index contributed by atoms with van der Waals surface area (Å²) in [7, 11) is 0. The van der Waals surface area contributed by atoms with Gasteiger partial charge in [-0.3, -0.25) is 14.6 Å². The molecule has 0 radical (unpaired) electrons. The van der Waals surface area contributed by atoms with Crippen LogP contribution in [0.1, 0.15) is 53.0 Å². The van der Waals surface area contributed by atoms with Crippen molar-refractivity contribution in [1.29, 1.82) is 0 Å². The van der Waals surface area contributed by atoms with Crippen LogP contribution in [0.15, 0.2) is 66.9 Å². The van der Waals surface area contributed by atoms with Gasteiger partial charge < -0.3 is 15.0 Å². The molecule has 1 saturated heterocycles. The van der Waals surface area contributed by atoms with Crippen molar-refractivity contribution in [2.75, 3.05) is 13.1 Å². The van der Waals surface area contributed by atoms with Gasteiger partial charge in [0, 0.05) is 43.3 Å². The number of aromatic nitrogens is 1. The van der Waals surface area contributed by atoms with E-state index in [0.717, 1.165) is 35.0 Å². The summed E-state index contributed by atoms with van der Waals surface area (Å²) in [6, 6.07) is 16.1. The third-order valence-corrected chi connectivity index (χ3v) is 7.23. The number of halogens is 2. The van der Waals surface area contributed by atoms with Crippen molar-refractivity contribution >= 4 is 11.8 Å². The summed E-state index contributed by atoms with van der Waals surface area (Å²) < 4.78 is 33.9. The van der Waals surface area contributed by atoms with E-state index in [4.69, 9.17) is 4.74 Å². The SMILES string of the molecule is CC(=O)N[C@H]1c2ccccc2C2(CCN(C(=O)c3cc(F)cc(F)c3)CC2)[C@@H]1OCc1ccccn1. The zero-order valence-electron chi connectivity index (χ0n) is 19.9. The Kier molecular flexibility index (Phi) is 6.53. The van der Waals surface area contributed by atoms with Crippen LogP contribution in [0, 0.1) is 11.6 Å². The summed E-state index contributed by atoms with van der Waals surface area (Å²) in [5.74, 6) is -2.12. The number of ether oxygens (including phenoxy) is 1. The molecule has 2 amide bonds. The Morgan fingerprint density at radius 2 is 1.75 bits per heavy atom. The van der Waals surface area contributed by atoms with E-state index >= 15 is 0 Å². The Balaban J connectivity index is 1.44. The third-order valence-electron chi connectivity index (χ3n) is 7.23. The zero-order valence-corrected chi connectivity index (χ0v) is 19.9. The number of benzene rings is 2. The second kappa shape index (κ2) is 9.78. The van der Waals surface area contributed by atoms with Crippen LogP contribution in [0.5, 0.6) is 0 Å². The van der Waals surface area contributed by atoms with Gasteiger partial charge in [0.25, 0.3) is 5.91 Å². The van der Waals surface area contributed by atoms with E-state index in [0.29, 0.717) is 25.9 Å². The molecule has 0 unspecified atom stereocenters. The number of hydrogen-bond donors (Lipinski definition) is 1. The average Bonchev–Trinajstić information content (AvgIpc) is 3.11. The van der Waals surface area contributed by atoms with Crippen LogP contribution in [-0.2, 0) is 21.6 Å². The van der Waals surface area contributed by atoms with Gasteiger partial charge in [-0.2, -0.15) is 0 Å². The maximum Gasteiger partial charge on any atom is 0.254 e. The molecule has 0 saturated carbocycles. The van der Waals surface area contributed by atoms with Gasteiger partial charge in [-0.05, 0) is 48.2 Å². The summed E-state index contributed by atoms with van der Waals surface area (Å²) in [5, 5.41) is 3.08. The van der Waals surface area contributed by atoms with Crippen molar-refractivity contribution in [2.45, 2.75) is 43.9 Å². The molecule has 6 nitrogen and oxygen atoms in total. The minimum atomic E-state index is -0.780. The number of carbonyl (C=O) groups is 2. The Morgan fingerprint density at radius 3 is 2.42 bits per heavy atom. The topological polar surface area (TPSA) is 71.5 Å². The van der Waals surface area contributed by atoms with E-state index in [-0.39, 0.29) is 30.2 Å². The van der Waals surface area contributed by atoms with Crippen LogP contribution in [0.4, 0.5) is 8.78 Å². The van der Waals surface area contributed by atoms with Gasteiger partial charge in [-0.25, -0.2) is 8.78 Å². The van der Waals surface area contributed by atoms with E-state index < -0.39 is 23.0 Å². The Morgan fingerprint density at radius 1 is 1.06 bits per heavy atom. The fraction of sp³-hybridized carbons (Fsp3) is 0.321. The molecule has 0 bridgehead atoms. The maximum atomic E-state index is 13.7. The summed E-state index contributed by atoms with van der Waals surface area (Å²) in [4.78, 5) is 31.2. The van der Waals surface area contributed by atoms with Gasteiger partial charge in [0.2, 0.25) is 5.91 Å². The number of likely N-dealkylation sites (tertiary alicyclic amines) is 1. The molecule has 36 heavy (non-hydrogen) atoms. The Bertz CT molecular complexity index is 1260. The molecule has 2 aliphatic rings. The highest BCUT2D eigenvalue weighted by Gasteiger charge is 2.54. The van der Waals surface area contributed by atoms with Crippen LogP contribution in [0.25, 0.3) is 0 Å². The molecule has 1 aliphatic carbocycles. The Hall–Kier alpha value is -3.65. The van der Waals surface area contributed by atoms with Crippen molar-refractivity contribution < 1.29 is 23.1 Å². The molecule has 1 aliphatic heterocycles. The van der Waals surface area contributed by atoms with Gasteiger partial charge >= 0.3 is 0 Å². The molecule has 3 aromatic rings. The fourth-order valence-electron chi connectivity index (χ4n) is 5.67. The molecular weight excluding hydrogens is 464 g/mol. The molecule has 1 aromatic heterocycles. The third kappa shape index (κ3) is 4.48. The van der Waals surface area contributed by atoms with Crippen LogP contribution in [0.2, 0.25) is 0 Å². The highest BCUT2D eigenvalue weighted by Crippen LogP contribution is 2.52. The quantitative estimate of drug-likeness (QED) is 0.578. The van der Waals surface area contributed by atoms with Crippen LogP contribution in [0.3, 0.4) is 0 Å². The normalized spacial score (nSPS) is 20.2. The van der Waals surface area contributed by atoms with E-state index in [1.807, 2.05) is 36.4 Å². The second-order valence-electron chi connectivity index (χ2n) is 9.42. The number of fused-ring (bicyclic) bond motifs is 2. The molecule has 186 valence electrons. The van der Waals surface area contributed by atoms with E-state index in [9.17, 15) is 18.4 Å². The zero-order chi connectivity index (χ0) is 25.3.